The van der Waals surface area contributed by atoms with Crippen molar-refractivity contribution in [1.29, 1.82) is 0 Å². The van der Waals surface area contributed by atoms with Gasteiger partial charge in [-0.25, -0.2) is 4.98 Å². The predicted molar refractivity (Wildman–Crippen MR) is 117 cm³/mol. The number of hydrogen-bond donors (Lipinski definition) is 1. The summed E-state index contributed by atoms with van der Waals surface area (Å²) < 4.78 is 12.8. The molecule has 1 N–H and O–H groups in total. The number of halogens is 1. The Bertz CT molecular complexity index is 1280. The van der Waals surface area contributed by atoms with Crippen LogP contribution in [0, 0.1) is 6.92 Å². The summed E-state index contributed by atoms with van der Waals surface area (Å²) in [5.74, 6) is 0.825. The van der Waals surface area contributed by atoms with Crippen LogP contribution < -0.4 is 14.8 Å². The number of aromatic nitrogens is 3. The van der Waals surface area contributed by atoms with E-state index in [1.807, 2.05) is 31.5 Å². The molecule has 7 nitrogen and oxygen atoms in total. The number of ether oxygens (including phenoxy) is 2. The number of nitrogens with one attached hydrogen (secondary N) is 1. The normalized spacial score (nSPS) is 12.9. The molecule has 0 spiro atoms. The summed E-state index contributed by atoms with van der Waals surface area (Å²) in [5, 5.41) is 10.4. The van der Waals surface area contributed by atoms with Gasteiger partial charge in [0, 0.05) is 19.2 Å². The third-order valence-corrected chi connectivity index (χ3v) is 6.07. The van der Waals surface area contributed by atoms with Crippen molar-refractivity contribution in [3.8, 4) is 22.1 Å². The molecule has 9 heteroatoms. The van der Waals surface area contributed by atoms with E-state index in [1.165, 1.54) is 0 Å². The van der Waals surface area contributed by atoms with E-state index in [0.29, 0.717) is 52.0 Å². The van der Waals surface area contributed by atoms with Gasteiger partial charge in [0.05, 0.1) is 37.9 Å². The molecule has 0 unspecified atom stereocenters. The van der Waals surface area contributed by atoms with Crippen molar-refractivity contribution in [2.24, 2.45) is 7.05 Å². The molecule has 0 atom stereocenters. The number of thiophene rings is 1. The van der Waals surface area contributed by atoms with Gasteiger partial charge < -0.3 is 14.8 Å². The molecule has 0 saturated heterocycles. The quantitative estimate of drug-likeness (QED) is 0.500. The van der Waals surface area contributed by atoms with Crippen molar-refractivity contribution in [1.82, 2.24) is 14.8 Å². The van der Waals surface area contributed by atoms with E-state index in [2.05, 4.69) is 10.4 Å². The van der Waals surface area contributed by atoms with Gasteiger partial charge in [0.2, 0.25) is 0 Å². The highest BCUT2D eigenvalue weighted by atomic mass is 35.5. The molecule has 1 aliphatic rings. The summed E-state index contributed by atoms with van der Waals surface area (Å²) in [4.78, 5) is 19.0. The van der Waals surface area contributed by atoms with Crippen molar-refractivity contribution in [3.05, 3.63) is 52.0 Å². The van der Waals surface area contributed by atoms with Gasteiger partial charge in [-0.05, 0) is 24.4 Å². The Morgan fingerprint density at radius 1 is 1.23 bits per heavy atom. The minimum atomic E-state index is -0.296. The molecular weight excluding hydrogens is 424 g/mol. The minimum Gasteiger partial charge on any atom is -0.486 e. The van der Waals surface area contributed by atoms with Gasteiger partial charge in [0.1, 0.15) is 13.2 Å². The van der Waals surface area contributed by atoms with Crippen LogP contribution in [0.5, 0.6) is 11.5 Å². The number of carbonyl (C=O) groups is 1. The van der Waals surface area contributed by atoms with Crippen LogP contribution in [0.3, 0.4) is 0 Å². The van der Waals surface area contributed by atoms with Gasteiger partial charge in [-0.15, -0.1) is 11.3 Å². The maximum atomic E-state index is 13.3. The molecule has 1 aromatic carbocycles. The van der Waals surface area contributed by atoms with Crippen LogP contribution in [0.1, 0.15) is 16.1 Å². The van der Waals surface area contributed by atoms with E-state index in [1.54, 1.807) is 34.2 Å². The van der Waals surface area contributed by atoms with E-state index in [-0.39, 0.29) is 5.91 Å². The number of rotatable bonds is 3. The Hall–Kier alpha value is -3.10. The summed E-state index contributed by atoms with van der Waals surface area (Å²) in [5.41, 5.74) is 3.04. The molecule has 0 bridgehead atoms. The standard InChI is InChI=1S/C21H17ClN4O3S/c1-11-19-12(8-15(18-4-3-7-30-18)23-20(19)26(2)25-11)21(27)24-14-10-17-16(9-13(14)22)28-5-6-29-17/h3-4,7-10H,5-6H2,1-2H3,(H,24,27). The van der Waals surface area contributed by atoms with Gasteiger partial charge in [-0.2, -0.15) is 5.10 Å². The van der Waals surface area contributed by atoms with Crippen LogP contribution in [-0.4, -0.2) is 33.9 Å². The van der Waals surface area contributed by atoms with E-state index < -0.39 is 0 Å². The zero-order chi connectivity index (χ0) is 20.8. The van der Waals surface area contributed by atoms with Crippen LogP contribution >= 0.6 is 22.9 Å². The van der Waals surface area contributed by atoms with Crippen molar-refractivity contribution in [2.75, 3.05) is 18.5 Å². The minimum absolute atomic E-state index is 0.296. The molecule has 30 heavy (non-hydrogen) atoms. The lowest BCUT2D eigenvalue weighted by molar-refractivity contribution is 0.102. The second-order valence-electron chi connectivity index (χ2n) is 6.87. The number of hydrogen-bond acceptors (Lipinski definition) is 6. The fraction of sp³-hybridized carbons (Fsp3) is 0.190. The third kappa shape index (κ3) is 3.18. The molecule has 0 saturated carbocycles. The first-order valence-electron chi connectivity index (χ1n) is 9.30. The average Bonchev–Trinajstić information content (AvgIpc) is 3.37. The summed E-state index contributed by atoms with van der Waals surface area (Å²) in [6, 6.07) is 9.06. The summed E-state index contributed by atoms with van der Waals surface area (Å²) >= 11 is 7.95. The molecule has 1 amide bonds. The molecule has 1 aliphatic heterocycles. The van der Waals surface area contributed by atoms with Crippen LogP contribution in [0.15, 0.2) is 35.7 Å². The lowest BCUT2D eigenvalue weighted by Gasteiger charge is -2.20. The lowest BCUT2D eigenvalue weighted by atomic mass is 10.1. The molecule has 0 fully saturated rings. The number of carbonyl (C=O) groups excluding carboxylic acids is 1. The highest BCUT2D eigenvalue weighted by molar-refractivity contribution is 7.13. The number of fused-ring (bicyclic) bond motifs is 2. The molecule has 152 valence electrons. The highest BCUT2D eigenvalue weighted by Gasteiger charge is 2.22. The van der Waals surface area contributed by atoms with Crippen molar-refractivity contribution in [3.63, 3.8) is 0 Å². The summed E-state index contributed by atoms with van der Waals surface area (Å²) in [6.07, 6.45) is 0. The molecular formula is C21H17ClN4O3S. The van der Waals surface area contributed by atoms with Crippen LogP contribution in [0.2, 0.25) is 5.02 Å². The van der Waals surface area contributed by atoms with E-state index in [9.17, 15) is 4.79 Å². The van der Waals surface area contributed by atoms with E-state index in [4.69, 9.17) is 26.1 Å². The average molecular weight is 441 g/mol. The fourth-order valence-electron chi connectivity index (χ4n) is 3.52. The fourth-order valence-corrected chi connectivity index (χ4v) is 4.41. The smallest absolute Gasteiger partial charge is 0.256 e. The Morgan fingerprint density at radius 2 is 2.00 bits per heavy atom. The van der Waals surface area contributed by atoms with E-state index in [0.717, 1.165) is 16.3 Å². The zero-order valence-electron chi connectivity index (χ0n) is 16.2. The summed E-state index contributed by atoms with van der Waals surface area (Å²) in [6.45, 7) is 2.78. The maximum absolute atomic E-state index is 13.3. The highest BCUT2D eigenvalue weighted by Crippen LogP contribution is 2.38. The van der Waals surface area contributed by atoms with E-state index >= 15 is 0 Å². The number of pyridine rings is 1. The second-order valence-corrected chi connectivity index (χ2v) is 8.22. The first-order valence-corrected chi connectivity index (χ1v) is 10.6. The zero-order valence-corrected chi connectivity index (χ0v) is 17.8. The van der Waals surface area contributed by atoms with Gasteiger partial charge in [0.25, 0.3) is 5.91 Å². The number of aryl methyl sites for hydroxylation is 2. The number of nitrogens with zero attached hydrogens (tertiary/aromatic N) is 3. The SMILES string of the molecule is Cc1nn(C)c2nc(-c3cccs3)cc(C(=O)Nc3cc4c(cc3Cl)OCCO4)c12. The number of benzene rings is 1. The first kappa shape index (κ1) is 18.9. The maximum Gasteiger partial charge on any atom is 0.256 e. The molecule has 4 heterocycles. The van der Waals surface area contributed by atoms with Crippen LogP contribution in [0.25, 0.3) is 21.6 Å². The first-order chi connectivity index (χ1) is 14.5. The molecule has 4 aromatic rings. The van der Waals surface area contributed by atoms with Crippen molar-refractivity contribution >= 4 is 45.6 Å². The number of amides is 1. The van der Waals surface area contributed by atoms with Crippen molar-refractivity contribution < 1.29 is 14.3 Å². The molecule has 3 aromatic heterocycles. The predicted octanol–water partition coefficient (Wildman–Crippen LogP) is 4.68. The van der Waals surface area contributed by atoms with Crippen LogP contribution in [0.4, 0.5) is 5.69 Å². The Morgan fingerprint density at radius 3 is 2.73 bits per heavy atom. The summed E-state index contributed by atoms with van der Waals surface area (Å²) in [7, 11) is 1.82. The van der Waals surface area contributed by atoms with Crippen LogP contribution in [-0.2, 0) is 7.05 Å². The molecule has 5 rings (SSSR count). The van der Waals surface area contributed by atoms with Gasteiger partial charge in [-0.3, -0.25) is 9.48 Å². The third-order valence-electron chi connectivity index (χ3n) is 4.87. The van der Waals surface area contributed by atoms with Gasteiger partial charge in [0.15, 0.2) is 17.1 Å². The topological polar surface area (TPSA) is 78.3 Å². The Kier molecular flexibility index (Phi) is 4.60. The molecule has 0 aliphatic carbocycles. The monoisotopic (exact) mass is 440 g/mol. The Labute approximate surface area is 181 Å². The molecule has 0 radical (unpaired) electrons. The van der Waals surface area contributed by atoms with Gasteiger partial charge >= 0.3 is 0 Å². The Balaban J connectivity index is 1.60. The number of anilines is 1. The largest absolute Gasteiger partial charge is 0.486 e. The lowest BCUT2D eigenvalue weighted by Crippen LogP contribution is -2.17. The second kappa shape index (κ2) is 7.30. The van der Waals surface area contributed by atoms with Crippen molar-refractivity contribution in [2.45, 2.75) is 6.92 Å². The van der Waals surface area contributed by atoms with Gasteiger partial charge in [-0.1, -0.05) is 17.7 Å².